The molecule has 1 unspecified atom stereocenters. The second-order valence-electron chi connectivity index (χ2n) is 3.55. The van der Waals surface area contributed by atoms with Crippen LogP contribution in [0.2, 0.25) is 0 Å². The Morgan fingerprint density at radius 3 is 2.81 bits per heavy atom. The average Bonchev–Trinajstić information content (AvgIpc) is 2.30. The summed E-state index contributed by atoms with van der Waals surface area (Å²) in [6.07, 6.45) is 0. The van der Waals surface area contributed by atoms with Gasteiger partial charge in [-0.05, 0) is 18.1 Å². The number of esters is 1. The number of aryl methyl sites for hydroxylation is 1. The molecule has 16 heavy (non-hydrogen) atoms. The lowest BCUT2D eigenvalue weighted by Gasteiger charge is -2.10. The molecule has 1 aromatic carbocycles. The Balaban J connectivity index is 2.36. The third kappa shape index (κ3) is 4.09. The van der Waals surface area contributed by atoms with Crippen LogP contribution in [0.5, 0.6) is 0 Å². The molecule has 3 nitrogen and oxygen atoms in total. The maximum atomic E-state index is 11.2. The fourth-order valence-electron chi connectivity index (χ4n) is 1.35. The van der Waals surface area contributed by atoms with Crippen molar-refractivity contribution >= 4 is 28.6 Å². The zero-order chi connectivity index (χ0) is 12.0. The smallest absolute Gasteiger partial charge is 0.319 e. The zero-order valence-electron chi connectivity index (χ0n) is 9.50. The van der Waals surface area contributed by atoms with E-state index in [0.29, 0.717) is 6.54 Å². The standard InChI is InChI=1S/C12H16INO2/c1-9-5-3-4-6-10(9)7-14-8-11(13)12(15)16-2/h3-6,11,14H,7-8H2,1-2H3. The highest BCUT2D eigenvalue weighted by molar-refractivity contribution is 14.1. The van der Waals surface area contributed by atoms with E-state index in [1.807, 2.05) is 12.1 Å². The molecule has 0 aliphatic carbocycles. The molecular weight excluding hydrogens is 317 g/mol. The largest absolute Gasteiger partial charge is 0.468 e. The zero-order valence-corrected chi connectivity index (χ0v) is 11.7. The van der Waals surface area contributed by atoms with Crippen LogP contribution >= 0.6 is 22.6 Å². The van der Waals surface area contributed by atoms with Gasteiger partial charge in [-0.25, -0.2) is 0 Å². The van der Waals surface area contributed by atoms with Gasteiger partial charge in [0.25, 0.3) is 0 Å². The molecule has 0 aliphatic rings. The number of carbonyl (C=O) groups excluding carboxylic acids is 1. The Hall–Kier alpha value is -0.620. The SMILES string of the molecule is COC(=O)C(I)CNCc1ccccc1C. The van der Waals surface area contributed by atoms with E-state index in [2.05, 4.69) is 51.7 Å². The van der Waals surface area contributed by atoms with Crippen LogP contribution in [0.3, 0.4) is 0 Å². The van der Waals surface area contributed by atoms with E-state index >= 15 is 0 Å². The van der Waals surface area contributed by atoms with E-state index in [-0.39, 0.29) is 9.89 Å². The molecule has 0 aromatic heterocycles. The minimum Gasteiger partial charge on any atom is -0.468 e. The summed E-state index contributed by atoms with van der Waals surface area (Å²) in [4.78, 5) is 11.2. The van der Waals surface area contributed by atoms with Crippen LogP contribution in [0.4, 0.5) is 0 Å². The van der Waals surface area contributed by atoms with E-state index in [9.17, 15) is 4.79 Å². The van der Waals surface area contributed by atoms with Crippen molar-refractivity contribution in [1.82, 2.24) is 5.32 Å². The van der Waals surface area contributed by atoms with Crippen molar-refractivity contribution < 1.29 is 9.53 Å². The fourth-order valence-corrected chi connectivity index (χ4v) is 1.92. The normalized spacial score (nSPS) is 12.2. The van der Waals surface area contributed by atoms with Crippen LogP contribution in [0.25, 0.3) is 0 Å². The van der Waals surface area contributed by atoms with Crippen molar-refractivity contribution in [2.24, 2.45) is 0 Å². The minimum atomic E-state index is -0.183. The highest BCUT2D eigenvalue weighted by Gasteiger charge is 2.13. The number of hydrogen-bond donors (Lipinski definition) is 1. The first-order valence-corrected chi connectivity index (χ1v) is 6.37. The highest BCUT2D eigenvalue weighted by Crippen LogP contribution is 2.07. The van der Waals surface area contributed by atoms with E-state index in [4.69, 9.17) is 0 Å². The first-order chi connectivity index (χ1) is 7.65. The number of alkyl halides is 1. The second-order valence-corrected chi connectivity index (χ2v) is 5.05. The molecule has 0 spiro atoms. The lowest BCUT2D eigenvalue weighted by atomic mass is 10.1. The molecule has 0 bridgehead atoms. The molecule has 0 saturated carbocycles. The predicted molar refractivity (Wildman–Crippen MR) is 72.7 cm³/mol. The summed E-state index contributed by atoms with van der Waals surface area (Å²) in [7, 11) is 1.41. The number of nitrogens with one attached hydrogen (secondary N) is 1. The van der Waals surface area contributed by atoms with Gasteiger partial charge in [-0.2, -0.15) is 0 Å². The van der Waals surface area contributed by atoms with Crippen molar-refractivity contribution in [3.63, 3.8) is 0 Å². The van der Waals surface area contributed by atoms with Gasteiger partial charge >= 0.3 is 5.97 Å². The molecule has 1 atom stereocenters. The third-order valence-electron chi connectivity index (χ3n) is 2.36. The number of ether oxygens (including phenoxy) is 1. The van der Waals surface area contributed by atoms with E-state index in [1.54, 1.807) is 0 Å². The van der Waals surface area contributed by atoms with Crippen molar-refractivity contribution in [1.29, 1.82) is 0 Å². The van der Waals surface area contributed by atoms with Crippen molar-refractivity contribution in [2.75, 3.05) is 13.7 Å². The molecule has 0 saturated heterocycles. The summed E-state index contributed by atoms with van der Waals surface area (Å²) < 4.78 is 4.52. The van der Waals surface area contributed by atoms with Gasteiger partial charge in [0.05, 0.1) is 7.11 Å². The Labute approximate surface area is 110 Å². The molecule has 0 amide bonds. The number of carbonyl (C=O) groups is 1. The first kappa shape index (κ1) is 13.4. The molecule has 1 aromatic rings. The summed E-state index contributed by atoms with van der Waals surface area (Å²) in [6.45, 7) is 3.49. The van der Waals surface area contributed by atoms with Gasteiger partial charge in [0.2, 0.25) is 0 Å². The number of hydrogen-bond acceptors (Lipinski definition) is 3. The van der Waals surface area contributed by atoms with Crippen molar-refractivity contribution in [3.05, 3.63) is 35.4 Å². The maximum Gasteiger partial charge on any atom is 0.319 e. The van der Waals surface area contributed by atoms with Gasteiger partial charge in [-0.1, -0.05) is 46.9 Å². The minimum absolute atomic E-state index is 0.133. The molecule has 0 radical (unpaired) electrons. The summed E-state index contributed by atoms with van der Waals surface area (Å²) in [5.74, 6) is -0.183. The van der Waals surface area contributed by atoms with E-state index in [0.717, 1.165) is 6.54 Å². The molecule has 1 rings (SSSR count). The van der Waals surface area contributed by atoms with Gasteiger partial charge in [0.1, 0.15) is 3.92 Å². The van der Waals surface area contributed by atoms with Crippen LogP contribution in [0, 0.1) is 6.92 Å². The summed E-state index contributed by atoms with van der Waals surface area (Å²) in [5.41, 5.74) is 2.52. The van der Waals surface area contributed by atoms with Crippen LogP contribution in [0.15, 0.2) is 24.3 Å². The van der Waals surface area contributed by atoms with Crippen LogP contribution in [0.1, 0.15) is 11.1 Å². The maximum absolute atomic E-state index is 11.2. The van der Waals surface area contributed by atoms with Crippen LogP contribution < -0.4 is 5.32 Å². The molecule has 0 fully saturated rings. The Kier molecular flexibility index (Phi) is 5.76. The van der Waals surface area contributed by atoms with Crippen LogP contribution in [-0.4, -0.2) is 23.5 Å². The number of halogens is 1. The monoisotopic (exact) mass is 333 g/mol. The summed E-state index contributed by atoms with van der Waals surface area (Å²) in [5, 5.41) is 3.25. The molecule has 0 heterocycles. The molecular formula is C12H16INO2. The summed E-state index contributed by atoms with van der Waals surface area (Å²) >= 11 is 2.08. The first-order valence-electron chi connectivity index (χ1n) is 5.12. The van der Waals surface area contributed by atoms with Gasteiger partial charge in [-0.15, -0.1) is 0 Å². The lowest BCUT2D eigenvalue weighted by molar-refractivity contribution is -0.139. The molecule has 88 valence electrons. The number of benzene rings is 1. The fraction of sp³-hybridized carbons (Fsp3) is 0.417. The van der Waals surface area contributed by atoms with Gasteiger partial charge in [-0.3, -0.25) is 4.79 Å². The topological polar surface area (TPSA) is 38.3 Å². The lowest BCUT2D eigenvalue weighted by Crippen LogP contribution is -2.29. The summed E-state index contributed by atoms with van der Waals surface area (Å²) in [6, 6.07) is 8.21. The molecule has 4 heteroatoms. The van der Waals surface area contributed by atoms with Crippen LogP contribution in [-0.2, 0) is 16.1 Å². The number of methoxy groups -OCH3 is 1. The second kappa shape index (κ2) is 6.85. The Bertz CT molecular complexity index is 355. The Morgan fingerprint density at radius 2 is 2.19 bits per heavy atom. The Morgan fingerprint density at radius 1 is 1.50 bits per heavy atom. The van der Waals surface area contributed by atoms with E-state index < -0.39 is 0 Å². The third-order valence-corrected chi connectivity index (χ3v) is 3.31. The van der Waals surface area contributed by atoms with Gasteiger partial charge < -0.3 is 10.1 Å². The van der Waals surface area contributed by atoms with Crippen molar-refractivity contribution in [3.8, 4) is 0 Å². The molecule has 1 N–H and O–H groups in total. The van der Waals surface area contributed by atoms with Gasteiger partial charge in [0.15, 0.2) is 0 Å². The highest BCUT2D eigenvalue weighted by atomic mass is 127. The molecule has 0 aliphatic heterocycles. The van der Waals surface area contributed by atoms with E-state index in [1.165, 1.54) is 18.2 Å². The average molecular weight is 333 g/mol. The van der Waals surface area contributed by atoms with Crippen molar-refractivity contribution in [2.45, 2.75) is 17.4 Å². The predicted octanol–water partition coefficient (Wildman–Crippen LogP) is 2.06. The van der Waals surface area contributed by atoms with Gasteiger partial charge in [0, 0.05) is 13.1 Å². The quantitative estimate of drug-likeness (QED) is 0.509. The number of rotatable bonds is 5.